The van der Waals surface area contributed by atoms with Crippen LogP contribution in [0.4, 0.5) is 16.4 Å². The highest BCUT2D eigenvalue weighted by atomic mass is 35.5. The van der Waals surface area contributed by atoms with Gasteiger partial charge in [0.25, 0.3) is 5.95 Å². The van der Waals surface area contributed by atoms with Crippen LogP contribution in [-0.4, -0.2) is 48.5 Å². The molecule has 2 heterocycles. The highest BCUT2D eigenvalue weighted by Crippen LogP contribution is 2.35. The first-order valence-corrected chi connectivity index (χ1v) is 10.5. The Bertz CT molecular complexity index is 1150. The van der Waals surface area contributed by atoms with Gasteiger partial charge in [0.2, 0.25) is 0 Å². The van der Waals surface area contributed by atoms with Crippen LogP contribution in [0.1, 0.15) is 0 Å². The first kappa shape index (κ1) is 20.2. The number of ether oxygens (including phenoxy) is 2. The zero-order chi connectivity index (χ0) is 20.5. The minimum Gasteiger partial charge on any atom is -0.495 e. The Morgan fingerprint density at radius 1 is 1.29 bits per heavy atom. The van der Waals surface area contributed by atoms with Gasteiger partial charge < -0.3 is 9.47 Å². The number of aromatic nitrogens is 3. The highest BCUT2D eigenvalue weighted by Gasteiger charge is 2.28. The minimum atomic E-state index is -3.48. The number of fused-ring (bicyclic) bond motifs is 1. The van der Waals surface area contributed by atoms with Gasteiger partial charge in [0.05, 0.1) is 22.7 Å². The largest absolute Gasteiger partial charge is 0.495 e. The molecule has 0 aliphatic carbocycles. The molecule has 1 aromatic carbocycles. The smallest absolute Gasteiger partial charge is 0.422 e. The molecule has 0 atom stereocenters. The van der Waals surface area contributed by atoms with E-state index in [4.69, 9.17) is 32.7 Å². The molecule has 0 unspecified atom stereocenters. The van der Waals surface area contributed by atoms with Crippen molar-refractivity contribution in [2.45, 2.75) is 4.90 Å². The van der Waals surface area contributed by atoms with Gasteiger partial charge in [0.1, 0.15) is 5.75 Å². The second-order valence-corrected chi connectivity index (χ2v) is 8.19. The van der Waals surface area contributed by atoms with Gasteiger partial charge in [-0.15, -0.1) is 5.10 Å². The quantitative estimate of drug-likeness (QED) is 0.556. The molecular weight excluding hydrogens is 431 g/mol. The van der Waals surface area contributed by atoms with Crippen molar-refractivity contribution in [2.75, 3.05) is 24.3 Å². The first-order chi connectivity index (χ1) is 13.2. The number of carbonyl (C=O) groups is 1. The van der Waals surface area contributed by atoms with Crippen LogP contribution in [0.25, 0.3) is 5.65 Å². The van der Waals surface area contributed by atoms with E-state index < -0.39 is 22.0 Å². The van der Waals surface area contributed by atoms with Gasteiger partial charge in [-0.1, -0.05) is 23.2 Å². The van der Waals surface area contributed by atoms with Crippen LogP contribution >= 0.6 is 23.2 Å². The summed E-state index contributed by atoms with van der Waals surface area (Å²) < 4.78 is 35.2. The van der Waals surface area contributed by atoms with Crippen LogP contribution in [0.5, 0.6) is 5.75 Å². The molecule has 148 valence electrons. The fourth-order valence-corrected chi connectivity index (χ4v) is 3.30. The first-order valence-electron chi connectivity index (χ1n) is 7.67. The van der Waals surface area contributed by atoms with Crippen LogP contribution in [-0.2, 0) is 14.6 Å². The zero-order valence-electron chi connectivity index (χ0n) is 14.7. The van der Waals surface area contributed by atoms with Gasteiger partial charge in [-0.3, -0.25) is 0 Å². The van der Waals surface area contributed by atoms with Crippen molar-refractivity contribution in [3.63, 3.8) is 0 Å². The lowest BCUT2D eigenvalue weighted by atomic mass is 10.2. The summed E-state index contributed by atoms with van der Waals surface area (Å²) in [4.78, 5) is 17.9. The Morgan fingerprint density at radius 2 is 2.04 bits per heavy atom. The van der Waals surface area contributed by atoms with E-state index in [0.717, 1.165) is 11.2 Å². The summed E-state index contributed by atoms with van der Waals surface area (Å²) in [5.74, 6) is 0.0640. The van der Waals surface area contributed by atoms with E-state index >= 15 is 0 Å². The van der Waals surface area contributed by atoms with Gasteiger partial charge >= 0.3 is 6.09 Å². The SMILES string of the molecule is COc1cc(S(C)(=O)=O)ccc1N(C(=O)OCCl)c1nc2ccc(Cl)cn2n1. The molecule has 3 aromatic rings. The van der Waals surface area contributed by atoms with Crippen LogP contribution < -0.4 is 9.64 Å². The average Bonchev–Trinajstić information content (AvgIpc) is 3.04. The lowest BCUT2D eigenvalue weighted by Crippen LogP contribution is -2.28. The number of sulfone groups is 1. The van der Waals surface area contributed by atoms with Gasteiger partial charge in [-0.25, -0.2) is 22.6 Å². The summed E-state index contributed by atoms with van der Waals surface area (Å²) in [6, 6.07) is 6.85. The molecule has 28 heavy (non-hydrogen) atoms. The van der Waals surface area contributed by atoms with Crippen molar-refractivity contribution in [2.24, 2.45) is 0 Å². The molecule has 12 heteroatoms. The number of carbonyl (C=O) groups excluding carboxylic acids is 1. The summed E-state index contributed by atoms with van der Waals surface area (Å²) in [5.41, 5.74) is 0.599. The van der Waals surface area contributed by atoms with Crippen LogP contribution in [0, 0.1) is 0 Å². The number of benzene rings is 1. The molecule has 0 saturated carbocycles. The van der Waals surface area contributed by atoms with Crippen molar-refractivity contribution in [1.29, 1.82) is 0 Å². The monoisotopic (exact) mass is 444 g/mol. The van der Waals surface area contributed by atoms with Crippen molar-refractivity contribution < 1.29 is 22.7 Å². The van der Waals surface area contributed by atoms with Crippen molar-refractivity contribution in [3.05, 3.63) is 41.6 Å². The highest BCUT2D eigenvalue weighted by molar-refractivity contribution is 7.90. The van der Waals surface area contributed by atoms with E-state index in [0.29, 0.717) is 10.7 Å². The second kappa shape index (κ2) is 7.82. The van der Waals surface area contributed by atoms with Gasteiger partial charge in [0.15, 0.2) is 21.6 Å². The third kappa shape index (κ3) is 3.98. The van der Waals surface area contributed by atoms with Crippen molar-refractivity contribution in [3.8, 4) is 5.75 Å². The third-order valence-corrected chi connectivity index (χ3v) is 5.11. The number of rotatable bonds is 5. The topological polar surface area (TPSA) is 103 Å². The van der Waals surface area contributed by atoms with Gasteiger partial charge in [-0.2, -0.15) is 4.98 Å². The number of hydrogen-bond donors (Lipinski definition) is 0. The standard InChI is InChI=1S/C16H14Cl2N4O5S/c1-26-13-7-11(28(2,24)25)4-5-12(13)22(16(23)27-9-17)15-19-14-6-3-10(18)8-21(14)20-15/h3-8H,9H2,1-2H3. The van der Waals surface area contributed by atoms with Crippen LogP contribution in [0.15, 0.2) is 41.4 Å². The predicted molar refractivity (Wildman–Crippen MR) is 103 cm³/mol. The molecule has 0 aliphatic rings. The molecule has 0 radical (unpaired) electrons. The third-order valence-electron chi connectivity index (χ3n) is 3.66. The lowest BCUT2D eigenvalue weighted by molar-refractivity contribution is 0.174. The van der Waals surface area contributed by atoms with Gasteiger partial charge in [-0.05, 0) is 24.3 Å². The Balaban J connectivity index is 2.18. The fourth-order valence-electron chi connectivity index (χ4n) is 2.41. The van der Waals surface area contributed by atoms with Crippen molar-refractivity contribution >= 4 is 56.4 Å². The predicted octanol–water partition coefficient (Wildman–Crippen LogP) is 3.27. The molecular formula is C16H14Cl2N4O5S. The molecule has 0 spiro atoms. The summed E-state index contributed by atoms with van der Waals surface area (Å²) in [7, 11) is -2.14. The number of methoxy groups -OCH3 is 1. The fraction of sp³-hybridized carbons (Fsp3) is 0.188. The Labute approximate surface area is 170 Å². The maximum Gasteiger partial charge on any atom is 0.422 e. The summed E-state index contributed by atoms with van der Waals surface area (Å²) in [5, 5.41) is 4.65. The number of alkyl halides is 1. The molecule has 0 N–H and O–H groups in total. The summed E-state index contributed by atoms with van der Waals surface area (Å²) >= 11 is 11.5. The molecule has 9 nitrogen and oxygen atoms in total. The molecule has 0 aliphatic heterocycles. The Kier molecular flexibility index (Phi) is 5.64. The minimum absolute atomic E-state index is 0.0218. The molecule has 1 amide bonds. The van der Waals surface area contributed by atoms with E-state index in [9.17, 15) is 13.2 Å². The van der Waals surface area contributed by atoms with Gasteiger partial charge in [0, 0.05) is 18.5 Å². The maximum absolute atomic E-state index is 12.6. The van der Waals surface area contributed by atoms with E-state index in [1.807, 2.05) is 0 Å². The molecule has 2 aromatic heterocycles. The maximum atomic E-state index is 12.6. The van der Waals surface area contributed by atoms with Crippen LogP contribution in [0.2, 0.25) is 5.02 Å². The van der Waals surface area contributed by atoms with E-state index in [1.54, 1.807) is 12.1 Å². The normalized spacial score (nSPS) is 11.4. The van der Waals surface area contributed by atoms with E-state index in [-0.39, 0.29) is 22.3 Å². The molecule has 0 fully saturated rings. The summed E-state index contributed by atoms with van der Waals surface area (Å²) in [6.07, 6.45) is 1.71. The van der Waals surface area contributed by atoms with E-state index in [1.165, 1.54) is 36.0 Å². The van der Waals surface area contributed by atoms with Crippen LogP contribution in [0.3, 0.4) is 0 Å². The average molecular weight is 445 g/mol. The lowest BCUT2D eigenvalue weighted by Gasteiger charge is -2.20. The number of hydrogen-bond acceptors (Lipinski definition) is 7. The molecule has 0 bridgehead atoms. The summed E-state index contributed by atoms with van der Waals surface area (Å²) in [6.45, 7) is 0. The number of anilines is 2. The number of pyridine rings is 1. The molecule has 3 rings (SSSR count). The Hall–Kier alpha value is -2.56. The zero-order valence-corrected chi connectivity index (χ0v) is 17.0. The number of halogens is 2. The Morgan fingerprint density at radius 3 is 2.68 bits per heavy atom. The molecule has 0 saturated heterocycles. The van der Waals surface area contributed by atoms with E-state index in [2.05, 4.69) is 10.1 Å². The second-order valence-electron chi connectivity index (χ2n) is 5.52. The van der Waals surface area contributed by atoms with Crippen molar-refractivity contribution in [1.82, 2.24) is 14.6 Å². The number of nitrogens with zero attached hydrogens (tertiary/aromatic N) is 4. The number of amides is 1.